The molecule has 0 radical (unpaired) electrons. The van der Waals surface area contributed by atoms with Crippen molar-refractivity contribution in [2.45, 2.75) is 6.54 Å². The van der Waals surface area contributed by atoms with Gasteiger partial charge in [-0.05, 0) is 36.4 Å². The molecule has 0 amide bonds. The third-order valence-corrected chi connectivity index (χ3v) is 2.58. The molecule has 0 saturated heterocycles. The molecule has 1 aromatic carbocycles. The molecule has 0 aliphatic carbocycles. The lowest BCUT2D eigenvalue weighted by atomic mass is 10.2. The summed E-state index contributed by atoms with van der Waals surface area (Å²) in [6, 6.07) is 10.1. The predicted molar refractivity (Wildman–Crippen MR) is 72.6 cm³/mol. The minimum atomic E-state index is -0.942. The largest absolute Gasteiger partial charge is 0.492 e. The first-order chi connectivity index (χ1) is 9.75. The summed E-state index contributed by atoms with van der Waals surface area (Å²) < 4.78 is 5.49. The maximum atomic E-state index is 10.7. The van der Waals surface area contributed by atoms with Crippen LogP contribution in [0.2, 0.25) is 0 Å². The molecule has 1 aromatic heterocycles. The van der Waals surface area contributed by atoms with Crippen molar-refractivity contribution < 1.29 is 14.6 Å². The monoisotopic (exact) mass is 273 g/mol. The van der Waals surface area contributed by atoms with E-state index in [0.29, 0.717) is 25.4 Å². The van der Waals surface area contributed by atoms with Crippen LogP contribution in [0.5, 0.6) is 5.75 Å². The molecule has 0 bridgehead atoms. The van der Waals surface area contributed by atoms with Gasteiger partial charge in [-0.15, -0.1) is 0 Å². The van der Waals surface area contributed by atoms with Gasteiger partial charge in [0.2, 0.25) is 0 Å². The van der Waals surface area contributed by atoms with Gasteiger partial charge in [0.25, 0.3) is 0 Å². The first kappa shape index (κ1) is 14.0. The number of benzene rings is 1. The van der Waals surface area contributed by atoms with Crippen molar-refractivity contribution in [1.82, 2.24) is 15.5 Å². The van der Waals surface area contributed by atoms with Crippen LogP contribution >= 0.6 is 0 Å². The fourth-order valence-corrected chi connectivity index (χ4v) is 1.58. The number of ether oxygens (including phenoxy) is 1. The maximum absolute atomic E-state index is 10.7. The van der Waals surface area contributed by atoms with Gasteiger partial charge in [-0.1, -0.05) is 0 Å². The summed E-state index contributed by atoms with van der Waals surface area (Å²) in [5, 5.41) is 19.7. The zero-order valence-electron chi connectivity index (χ0n) is 10.8. The zero-order chi connectivity index (χ0) is 14.2. The van der Waals surface area contributed by atoms with Crippen molar-refractivity contribution in [2.75, 3.05) is 13.2 Å². The highest BCUT2D eigenvalue weighted by molar-refractivity contribution is 5.87. The van der Waals surface area contributed by atoms with Crippen LogP contribution < -0.4 is 10.1 Å². The maximum Gasteiger partial charge on any atom is 0.335 e. The summed E-state index contributed by atoms with van der Waals surface area (Å²) in [5.41, 5.74) is 1.12. The molecule has 1 heterocycles. The van der Waals surface area contributed by atoms with Crippen LogP contribution in [0, 0.1) is 0 Å². The van der Waals surface area contributed by atoms with Crippen molar-refractivity contribution >= 4 is 5.97 Å². The Morgan fingerprint density at radius 1 is 1.25 bits per heavy atom. The summed E-state index contributed by atoms with van der Waals surface area (Å²) in [7, 11) is 0. The Kier molecular flexibility index (Phi) is 5.02. The number of hydrogen-bond acceptors (Lipinski definition) is 5. The third kappa shape index (κ3) is 4.33. The molecular formula is C14H15N3O3. The van der Waals surface area contributed by atoms with Gasteiger partial charge in [0.05, 0.1) is 11.3 Å². The molecule has 6 heteroatoms. The van der Waals surface area contributed by atoms with Gasteiger partial charge < -0.3 is 15.2 Å². The molecule has 104 valence electrons. The van der Waals surface area contributed by atoms with Gasteiger partial charge in [0.1, 0.15) is 12.4 Å². The highest BCUT2D eigenvalue weighted by Crippen LogP contribution is 2.11. The van der Waals surface area contributed by atoms with E-state index in [1.165, 1.54) is 12.1 Å². The van der Waals surface area contributed by atoms with Crippen LogP contribution in [0.15, 0.2) is 42.6 Å². The lowest BCUT2D eigenvalue weighted by molar-refractivity contribution is 0.0697. The van der Waals surface area contributed by atoms with Crippen LogP contribution in [0.1, 0.15) is 16.1 Å². The number of nitrogens with zero attached hydrogens (tertiary/aromatic N) is 2. The average molecular weight is 273 g/mol. The van der Waals surface area contributed by atoms with E-state index in [9.17, 15) is 4.79 Å². The fraction of sp³-hybridized carbons (Fsp3) is 0.214. The number of rotatable bonds is 7. The quantitative estimate of drug-likeness (QED) is 0.741. The highest BCUT2D eigenvalue weighted by atomic mass is 16.5. The van der Waals surface area contributed by atoms with Crippen molar-refractivity contribution in [3.8, 4) is 5.75 Å². The topological polar surface area (TPSA) is 84.3 Å². The molecule has 0 fully saturated rings. The number of carbonyl (C=O) groups is 1. The Morgan fingerprint density at radius 2 is 2.05 bits per heavy atom. The van der Waals surface area contributed by atoms with Crippen LogP contribution in [-0.2, 0) is 6.54 Å². The Bertz CT molecular complexity index is 543. The number of hydrogen-bond donors (Lipinski definition) is 2. The normalized spacial score (nSPS) is 10.2. The van der Waals surface area contributed by atoms with E-state index in [0.717, 1.165) is 5.69 Å². The Labute approximate surface area is 116 Å². The van der Waals surface area contributed by atoms with Crippen LogP contribution in [-0.4, -0.2) is 34.4 Å². The summed E-state index contributed by atoms with van der Waals surface area (Å²) in [6.45, 7) is 1.79. The second kappa shape index (κ2) is 7.20. The minimum absolute atomic E-state index is 0.248. The van der Waals surface area contributed by atoms with E-state index >= 15 is 0 Å². The number of aromatic carboxylic acids is 1. The first-order valence-corrected chi connectivity index (χ1v) is 6.19. The third-order valence-electron chi connectivity index (χ3n) is 2.58. The van der Waals surface area contributed by atoms with E-state index in [1.54, 1.807) is 18.3 Å². The van der Waals surface area contributed by atoms with E-state index in [-0.39, 0.29) is 5.56 Å². The fourth-order valence-electron chi connectivity index (χ4n) is 1.58. The predicted octanol–water partition coefficient (Wildman–Crippen LogP) is 1.34. The summed E-state index contributed by atoms with van der Waals surface area (Å²) >= 11 is 0. The first-order valence-electron chi connectivity index (χ1n) is 6.19. The van der Waals surface area contributed by atoms with Gasteiger partial charge in [0.15, 0.2) is 0 Å². The van der Waals surface area contributed by atoms with Gasteiger partial charge in [-0.25, -0.2) is 4.79 Å². The SMILES string of the molecule is O=C(O)c1ccc(OCCNCc2cccnn2)cc1. The molecule has 0 aliphatic heterocycles. The molecule has 2 N–H and O–H groups in total. The van der Waals surface area contributed by atoms with Crippen LogP contribution in [0.3, 0.4) is 0 Å². The van der Waals surface area contributed by atoms with E-state index < -0.39 is 5.97 Å². The Hall–Kier alpha value is -2.47. The van der Waals surface area contributed by atoms with Crippen LogP contribution in [0.4, 0.5) is 0 Å². The summed E-state index contributed by atoms with van der Waals surface area (Å²) in [5.74, 6) is -0.293. The molecule has 20 heavy (non-hydrogen) atoms. The second-order valence-corrected chi connectivity index (χ2v) is 4.07. The summed E-state index contributed by atoms with van der Waals surface area (Å²) in [4.78, 5) is 10.7. The molecule has 0 saturated carbocycles. The highest BCUT2D eigenvalue weighted by Gasteiger charge is 2.01. The van der Waals surface area contributed by atoms with E-state index in [2.05, 4.69) is 15.5 Å². The molecule has 6 nitrogen and oxygen atoms in total. The molecule has 0 atom stereocenters. The second-order valence-electron chi connectivity index (χ2n) is 4.07. The van der Waals surface area contributed by atoms with Gasteiger partial charge in [-0.3, -0.25) is 0 Å². The van der Waals surface area contributed by atoms with Crippen molar-refractivity contribution in [1.29, 1.82) is 0 Å². The van der Waals surface area contributed by atoms with Crippen LogP contribution in [0.25, 0.3) is 0 Å². The van der Waals surface area contributed by atoms with Crippen molar-refractivity contribution in [3.63, 3.8) is 0 Å². The zero-order valence-corrected chi connectivity index (χ0v) is 10.8. The van der Waals surface area contributed by atoms with E-state index in [1.807, 2.05) is 12.1 Å². The van der Waals surface area contributed by atoms with Crippen molar-refractivity contribution in [2.24, 2.45) is 0 Å². The van der Waals surface area contributed by atoms with Gasteiger partial charge >= 0.3 is 5.97 Å². The molecule has 2 rings (SSSR count). The Morgan fingerprint density at radius 3 is 2.70 bits per heavy atom. The lowest BCUT2D eigenvalue weighted by Gasteiger charge is -2.07. The van der Waals surface area contributed by atoms with Gasteiger partial charge in [-0.2, -0.15) is 10.2 Å². The van der Waals surface area contributed by atoms with Gasteiger partial charge in [0, 0.05) is 19.3 Å². The number of carboxylic acid groups (broad SMARTS) is 1. The molecule has 0 aliphatic rings. The smallest absolute Gasteiger partial charge is 0.335 e. The average Bonchev–Trinajstić information content (AvgIpc) is 2.48. The number of carboxylic acids is 1. The Balaban J connectivity index is 1.67. The molecule has 0 unspecified atom stereocenters. The minimum Gasteiger partial charge on any atom is -0.492 e. The van der Waals surface area contributed by atoms with E-state index in [4.69, 9.17) is 9.84 Å². The number of nitrogens with one attached hydrogen (secondary N) is 1. The van der Waals surface area contributed by atoms with Crippen molar-refractivity contribution in [3.05, 3.63) is 53.9 Å². The standard InChI is InChI=1S/C14H15N3O3/c18-14(19)11-3-5-13(6-4-11)20-9-8-15-10-12-2-1-7-16-17-12/h1-7,15H,8-10H2,(H,18,19). The molecular weight excluding hydrogens is 258 g/mol. The lowest BCUT2D eigenvalue weighted by Crippen LogP contribution is -2.21. The molecule has 2 aromatic rings. The molecule has 0 spiro atoms. The number of aromatic nitrogens is 2. The summed E-state index contributed by atoms with van der Waals surface area (Å²) in [6.07, 6.45) is 1.63.